The van der Waals surface area contributed by atoms with E-state index < -0.39 is 5.97 Å². The third-order valence-corrected chi connectivity index (χ3v) is 5.57. The van der Waals surface area contributed by atoms with Crippen molar-refractivity contribution in [2.24, 2.45) is 0 Å². The quantitative estimate of drug-likeness (QED) is 0.699. The van der Waals surface area contributed by atoms with Gasteiger partial charge in [-0.25, -0.2) is 4.79 Å². The van der Waals surface area contributed by atoms with Gasteiger partial charge in [0.15, 0.2) is 0 Å². The van der Waals surface area contributed by atoms with Crippen LogP contribution in [0.3, 0.4) is 0 Å². The molecular weight excluding hydrogens is 300 g/mol. The Hall–Kier alpha value is -1.91. The van der Waals surface area contributed by atoms with Crippen molar-refractivity contribution in [1.29, 1.82) is 0 Å². The molecule has 0 fully saturated rings. The summed E-state index contributed by atoms with van der Waals surface area (Å²) in [5.74, 6) is -0.858. The Morgan fingerprint density at radius 1 is 1.10 bits per heavy atom. The van der Waals surface area contributed by atoms with Gasteiger partial charge in [-0.15, -0.1) is 22.7 Å². The topological polar surface area (TPSA) is 37.3 Å². The first-order valence-corrected chi connectivity index (χ1v) is 8.39. The van der Waals surface area contributed by atoms with Gasteiger partial charge in [0.1, 0.15) is 0 Å². The van der Waals surface area contributed by atoms with Crippen LogP contribution in [-0.4, -0.2) is 11.1 Å². The Balaban J connectivity index is 1.99. The second-order valence-corrected chi connectivity index (χ2v) is 6.70. The monoisotopic (exact) mass is 314 g/mol. The normalized spacial score (nSPS) is 10.7. The number of hydrogen-bond acceptors (Lipinski definition) is 3. The molecule has 0 aliphatic carbocycles. The van der Waals surface area contributed by atoms with Gasteiger partial charge in [0, 0.05) is 14.6 Å². The molecule has 0 saturated heterocycles. The molecule has 0 aliphatic heterocycles. The Morgan fingerprint density at radius 3 is 2.57 bits per heavy atom. The van der Waals surface area contributed by atoms with Gasteiger partial charge in [-0.2, -0.15) is 0 Å². The molecule has 21 heavy (non-hydrogen) atoms. The molecule has 4 heteroatoms. The molecule has 0 radical (unpaired) electrons. The Kier molecular flexibility index (Phi) is 3.90. The molecule has 1 N–H and O–H groups in total. The number of carboxylic acid groups (broad SMARTS) is 1. The third-order valence-electron chi connectivity index (χ3n) is 3.37. The van der Waals surface area contributed by atoms with Crippen LogP contribution >= 0.6 is 22.7 Å². The highest BCUT2D eigenvalue weighted by Crippen LogP contribution is 2.37. The maximum atomic E-state index is 11.2. The molecule has 0 spiro atoms. The summed E-state index contributed by atoms with van der Waals surface area (Å²) in [6.07, 6.45) is 0.721. The molecule has 0 amide bonds. The molecule has 3 aromatic rings. The van der Waals surface area contributed by atoms with Gasteiger partial charge in [-0.05, 0) is 53.3 Å². The fourth-order valence-electron chi connectivity index (χ4n) is 2.29. The summed E-state index contributed by atoms with van der Waals surface area (Å²) in [6.45, 7) is 1.98. The second kappa shape index (κ2) is 5.84. The number of benzene rings is 1. The minimum Gasteiger partial charge on any atom is -0.478 e. The van der Waals surface area contributed by atoms with Gasteiger partial charge >= 0.3 is 5.97 Å². The number of aryl methyl sites for hydroxylation is 1. The number of thiophene rings is 2. The summed E-state index contributed by atoms with van der Waals surface area (Å²) in [5.41, 5.74) is 2.37. The maximum Gasteiger partial charge on any atom is 0.335 e. The van der Waals surface area contributed by atoms with Crippen LogP contribution in [0.5, 0.6) is 0 Å². The molecule has 0 bridgehead atoms. The van der Waals surface area contributed by atoms with Crippen LogP contribution in [0.1, 0.15) is 22.8 Å². The van der Waals surface area contributed by atoms with E-state index in [1.54, 1.807) is 28.7 Å². The third kappa shape index (κ3) is 2.77. The fourth-order valence-corrected chi connectivity index (χ4v) is 4.13. The first kappa shape index (κ1) is 14.0. The zero-order valence-electron chi connectivity index (χ0n) is 11.5. The maximum absolute atomic E-state index is 11.2. The lowest BCUT2D eigenvalue weighted by atomic mass is 10.0. The van der Waals surface area contributed by atoms with Gasteiger partial charge in [0.25, 0.3) is 0 Å². The number of hydrogen-bond donors (Lipinski definition) is 1. The number of aromatic carboxylic acids is 1. The van der Waals surface area contributed by atoms with Crippen LogP contribution in [-0.2, 0) is 6.42 Å². The lowest BCUT2D eigenvalue weighted by Gasteiger charge is -2.06. The standard InChI is InChI=1S/C17H14O2S2/c1-2-11-10-12(5-6-13(11)17(18)19)14-7-8-16(21-14)15-4-3-9-20-15/h3-10H,2H2,1H3,(H,18,19). The van der Waals surface area contributed by atoms with E-state index in [2.05, 4.69) is 29.6 Å². The highest BCUT2D eigenvalue weighted by atomic mass is 32.1. The van der Waals surface area contributed by atoms with Crippen molar-refractivity contribution in [3.63, 3.8) is 0 Å². The second-order valence-electron chi connectivity index (χ2n) is 4.67. The molecule has 3 rings (SSSR count). The SMILES string of the molecule is CCc1cc(-c2ccc(-c3cccs3)s2)ccc1C(=O)O. The highest BCUT2D eigenvalue weighted by Gasteiger charge is 2.11. The summed E-state index contributed by atoms with van der Waals surface area (Å²) in [4.78, 5) is 14.9. The van der Waals surface area contributed by atoms with Crippen LogP contribution in [0.2, 0.25) is 0 Å². The van der Waals surface area contributed by atoms with E-state index in [0.29, 0.717) is 5.56 Å². The molecule has 0 atom stereocenters. The van der Waals surface area contributed by atoms with E-state index >= 15 is 0 Å². The van der Waals surface area contributed by atoms with Crippen molar-refractivity contribution in [1.82, 2.24) is 0 Å². The lowest BCUT2D eigenvalue weighted by Crippen LogP contribution is -2.01. The zero-order chi connectivity index (χ0) is 14.8. The van der Waals surface area contributed by atoms with Gasteiger partial charge < -0.3 is 5.11 Å². The van der Waals surface area contributed by atoms with Gasteiger partial charge in [-0.3, -0.25) is 0 Å². The fraction of sp³-hybridized carbons (Fsp3) is 0.118. The molecular formula is C17H14O2S2. The van der Waals surface area contributed by atoms with E-state index in [4.69, 9.17) is 0 Å². The van der Waals surface area contributed by atoms with Crippen molar-refractivity contribution in [3.8, 4) is 20.2 Å². The van der Waals surface area contributed by atoms with E-state index in [-0.39, 0.29) is 0 Å². The molecule has 0 aliphatic rings. The molecule has 2 aromatic heterocycles. The summed E-state index contributed by atoms with van der Waals surface area (Å²) >= 11 is 3.47. The van der Waals surface area contributed by atoms with E-state index in [9.17, 15) is 9.90 Å². The average molecular weight is 314 g/mol. The summed E-state index contributed by atoms with van der Waals surface area (Å²) in [6, 6.07) is 14.0. The van der Waals surface area contributed by atoms with Crippen molar-refractivity contribution >= 4 is 28.6 Å². The lowest BCUT2D eigenvalue weighted by molar-refractivity contribution is 0.0696. The minimum atomic E-state index is -0.858. The number of carbonyl (C=O) groups is 1. The van der Waals surface area contributed by atoms with E-state index in [1.165, 1.54) is 14.6 Å². The summed E-state index contributed by atoms with van der Waals surface area (Å²) in [7, 11) is 0. The molecule has 0 unspecified atom stereocenters. The first-order valence-electron chi connectivity index (χ1n) is 6.69. The van der Waals surface area contributed by atoms with Crippen LogP contribution in [0.25, 0.3) is 20.2 Å². The first-order chi connectivity index (χ1) is 10.2. The molecule has 2 heterocycles. The predicted molar refractivity (Wildman–Crippen MR) is 89.4 cm³/mol. The van der Waals surface area contributed by atoms with Crippen LogP contribution in [0.4, 0.5) is 0 Å². The number of carboxylic acids is 1. The summed E-state index contributed by atoms with van der Waals surface area (Å²) < 4.78 is 0. The predicted octanol–water partition coefficient (Wildman–Crippen LogP) is 5.40. The van der Waals surface area contributed by atoms with Crippen molar-refractivity contribution < 1.29 is 9.90 Å². The molecule has 0 saturated carbocycles. The van der Waals surface area contributed by atoms with Crippen molar-refractivity contribution in [2.45, 2.75) is 13.3 Å². The van der Waals surface area contributed by atoms with Gasteiger partial charge in [0.05, 0.1) is 5.56 Å². The zero-order valence-corrected chi connectivity index (χ0v) is 13.1. The smallest absolute Gasteiger partial charge is 0.335 e. The van der Waals surface area contributed by atoms with Crippen molar-refractivity contribution in [3.05, 3.63) is 59.0 Å². The molecule has 106 valence electrons. The van der Waals surface area contributed by atoms with Crippen LogP contribution in [0.15, 0.2) is 47.8 Å². The largest absolute Gasteiger partial charge is 0.478 e. The summed E-state index contributed by atoms with van der Waals surface area (Å²) in [5, 5.41) is 11.3. The molecule has 2 nitrogen and oxygen atoms in total. The van der Waals surface area contributed by atoms with Crippen molar-refractivity contribution in [2.75, 3.05) is 0 Å². The van der Waals surface area contributed by atoms with Crippen LogP contribution < -0.4 is 0 Å². The Bertz CT molecular complexity index is 770. The van der Waals surface area contributed by atoms with E-state index in [0.717, 1.165) is 17.5 Å². The van der Waals surface area contributed by atoms with Gasteiger partial charge in [-0.1, -0.05) is 19.1 Å². The van der Waals surface area contributed by atoms with Crippen LogP contribution in [0, 0.1) is 0 Å². The minimum absolute atomic E-state index is 0.399. The van der Waals surface area contributed by atoms with E-state index in [1.807, 2.05) is 19.1 Å². The Morgan fingerprint density at radius 2 is 1.90 bits per heavy atom. The average Bonchev–Trinajstić information content (AvgIpc) is 3.17. The molecule has 1 aromatic carbocycles. The highest BCUT2D eigenvalue weighted by molar-refractivity contribution is 7.23. The van der Waals surface area contributed by atoms with Gasteiger partial charge in [0.2, 0.25) is 0 Å². The Labute approximate surface area is 131 Å². The number of rotatable bonds is 4.